The summed E-state index contributed by atoms with van der Waals surface area (Å²) in [6, 6.07) is 26.0. The van der Waals surface area contributed by atoms with Gasteiger partial charge in [0.15, 0.2) is 5.76 Å². The van der Waals surface area contributed by atoms with Crippen molar-refractivity contribution < 1.29 is 14.0 Å². The predicted octanol–water partition coefficient (Wildman–Crippen LogP) is 3.98. The standard InChI is InChI=1S/C24H17N3O3/c28-23(20-14-16-10-4-7-13-19(16)30-20)27-22-24(29)25-18-12-6-5-11-17(18)21(26-22)15-8-2-1-3-9-15/h1-14,22H,(H,25,29)(H,27,28). The first-order chi connectivity index (χ1) is 14.7. The maximum atomic E-state index is 12.8. The molecule has 2 N–H and O–H groups in total. The number of furan rings is 1. The highest BCUT2D eigenvalue weighted by Crippen LogP contribution is 2.24. The second kappa shape index (κ2) is 7.33. The van der Waals surface area contributed by atoms with E-state index in [1.165, 1.54) is 0 Å². The van der Waals surface area contributed by atoms with Crippen LogP contribution in [0.1, 0.15) is 21.7 Å². The highest BCUT2D eigenvalue weighted by molar-refractivity contribution is 6.20. The molecule has 0 saturated heterocycles. The Balaban J connectivity index is 1.52. The number of benzodiazepines with no additional fused rings is 1. The van der Waals surface area contributed by atoms with Gasteiger partial charge in [0.25, 0.3) is 11.8 Å². The highest BCUT2D eigenvalue weighted by atomic mass is 16.3. The van der Waals surface area contributed by atoms with E-state index >= 15 is 0 Å². The van der Waals surface area contributed by atoms with Gasteiger partial charge in [-0.2, -0.15) is 0 Å². The van der Waals surface area contributed by atoms with Crippen LogP contribution in [0.2, 0.25) is 0 Å². The number of rotatable bonds is 3. The van der Waals surface area contributed by atoms with Crippen molar-refractivity contribution >= 4 is 34.2 Å². The quantitative estimate of drug-likeness (QED) is 0.550. The molecule has 6 heteroatoms. The first-order valence-corrected chi connectivity index (χ1v) is 9.52. The molecule has 146 valence electrons. The summed E-state index contributed by atoms with van der Waals surface area (Å²) in [5.41, 5.74) is 3.51. The Hall–Kier alpha value is -4.19. The fourth-order valence-electron chi connectivity index (χ4n) is 3.47. The lowest BCUT2D eigenvalue weighted by molar-refractivity contribution is -0.117. The van der Waals surface area contributed by atoms with E-state index in [1.54, 1.807) is 12.1 Å². The molecule has 30 heavy (non-hydrogen) atoms. The van der Waals surface area contributed by atoms with E-state index in [9.17, 15) is 9.59 Å². The van der Waals surface area contributed by atoms with Crippen molar-refractivity contribution in [3.05, 3.63) is 102 Å². The lowest BCUT2D eigenvalue weighted by Gasteiger charge is -2.12. The molecule has 0 saturated carbocycles. The molecule has 1 unspecified atom stereocenters. The number of aliphatic imine (C=N–C) groups is 1. The van der Waals surface area contributed by atoms with Gasteiger partial charge in [-0.05, 0) is 18.2 Å². The van der Waals surface area contributed by atoms with Crippen molar-refractivity contribution in [2.75, 3.05) is 5.32 Å². The maximum Gasteiger partial charge on any atom is 0.289 e. The number of amides is 2. The van der Waals surface area contributed by atoms with Crippen LogP contribution in [-0.4, -0.2) is 23.7 Å². The zero-order valence-corrected chi connectivity index (χ0v) is 15.8. The molecule has 0 spiro atoms. The Morgan fingerprint density at radius 1 is 0.933 bits per heavy atom. The summed E-state index contributed by atoms with van der Waals surface area (Å²) in [6.07, 6.45) is -1.10. The SMILES string of the molecule is O=C(NC1N=C(c2ccccc2)c2ccccc2NC1=O)c1cc2ccccc2o1. The lowest BCUT2D eigenvalue weighted by atomic mass is 10.0. The minimum Gasteiger partial charge on any atom is -0.451 e. The summed E-state index contributed by atoms with van der Waals surface area (Å²) in [7, 11) is 0. The van der Waals surface area contributed by atoms with Gasteiger partial charge in [0.1, 0.15) is 5.58 Å². The molecule has 5 rings (SSSR count). The van der Waals surface area contributed by atoms with Gasteiger partial charge in [-0.25, -0.2) is 4.99 Å². The molecular weight excluding hydrogens is 378 g/mol. The Labute approximate surface area is 172 Å². The normalized spacial score (nSPS) is 15.7. The predicted molar refractivity (Wildman–Crippen MR) is 115 cm³/mol. The Kier molecular flexibility index (Phi) is 4.37. The molecule has 0 radical (unpaired) electrons. The van der Waals surface area contributed by atoms with Crippen molar-refractivity contribution in [3.8, 4) is 0 Å². The van der Waals surface area contributed by atoms with Gasteiger partial charge < -0.3 is 15.1 Å². The first-order valence-electron chi connectivity index (χ1n) is 9.52. The average Bonchev–Trinajstić information content (AvgIpc) is 3.16. The number of benzene rings is 3. The van der Waals surface area contributed by atoms with Crippen LogP contribution in [0.15, 0.2) is 94.3 Å². The number of nitrogens with one attached hydrogen (secondary N) is 2. The van der Waals surface area contributed by atoms with Crippen molar-refractivity contribution in [3.63, 3.8) is 0 Å². The summed E-state index contributed by atoms with van der Waals surface area (Å²) in [4.78, 5) is 30.3. The summed E-state index contributed by atoms with van der Waals surface area (Å²) in [5.74, 6) is -0.798. The van der Waals surface area contributed by atoms with Gasteiger partial charge in [-0.1, -0.05) is 66.7 Å². The van der Waals surface area contributed by atoms with Crippen LogP contribution in [0.3, 0.4) is 0 Å². The van der Waals surface area contributed by atoms with Gasteiger partial charge in [-0.15, -0.1) is 0 Å². The van der Waals surface area contributed by atoms with Crippen molar-refractivity contribution in [2.45, 2.75) is 6.17 Å². The molecule has 1 aromatic heterocycles. The third-order valence-corrected chi connectivity index (χ3v) is 4.91. The maximum absolute atomic E-state index is 12.8. The molecule has 1 aliphatic rings. The third-order valence-electron chi connectivity index (χ3n) is 4.91. The molecule has 1 atom stereocenters. The lowest BCUT2D eigenvalue weighted by Crippen LogP contribution is -2.42. The topological polar surface area (TPSA) is 83.7 Å². The average molecular weight is 395 g/mol. The van der Waals surface area contributed by atoms with E-state index in [1.807, 2.05) is 72.8 Å². The number of nitrogens with zero attached hydrogens (tertiary/aromatic N) is 1. The number of hydrogen-bond donors (Lipinski definition) is 2. The van der Waals surface area contributed by atoms with Gasteiger partial charge >= 0.3 is 0 Å². The summed E-state index contributed by atoms with van der Waals surface area (Å²) in [6.45, 7) is 0. The largest absolute Gasteiger partial charge is 0.451 e. The van der Waals surface area contributed by atoms with Crippen LogP contribution in [0.5, 0.6) is 0 Å². The second-order valence-corrected chi connectivity index (χ2v) is 6.90. The molecule has 4 aromatic rings. The fourth-order valence-corrected chi connectivity index (χ4v) is 3.47. The number of para-hydroxylation sites is 2. The van der Waals surface area contributed by atoms with Crippen LogP contribution in [0.25, 0.3) is 11.0 Å². The molecule has 1 aliphatic heterocycles. The van der Waals surface area contributed by atoms with Crippen LogP contribution < -0.4 is 10.6 Å². The van der Waals surface area contributed by atoms with E-state index in [0.29, 0.717) is 17.0 Å². The summed E-state index contributed by atoms with van der Waals surface area (Å²) < 4.78 is 5.62. The van der Waals surface area contributed by atoms with Gasteiger partial charge in [0.2, 0.25) is 6.17 Å². The van der Waals surface area contributed by atoms with E-state index in [2.05, 4.69) is 15.6 Å². The number of fused-ring (bicyclic) bond motifs is 2. The number of anilines is 1. The molecule has 0 aliphatic carbocycles. The molecule has 3 aromatic carbocycles. The minimum atomic E-state index is -1.10. The molecule has 2 heterocycles. The van der Waals surface area contributed by atoms with Crippen molar-refractivity contribution in [1.82, 2.24) is 5.32 Å². The Morgan fingerprint density at radius 2 is 1.67 bits per heavy atom. The van der Waals surface area contributed by atoms with E-state index in [-0.39, 0.29) is 5.76 Å². The zero-order valence-electron chi connectivity index (χ0n) is 15.8. The fraction of sp³-hybridized carbons (Fsp3) is 0.0417. The Morgan fingerprint density at radius 3 is 2.50 bits per heavy atom. The smallest absolute Gasteiger partial charge is 0.289 e. The summed E-state index contributed by atoms with van der Waals surface area (Å²) in [5, 5.41) is 6.36. The number of hydrogen-bond acceptors (Lipinski definition) is 4. The number of carbonyl (C=O) groups is 2. The van der Waals surface area contributed by atoms with Crippen molar-refractivity contribution in [1.29, 1.82) is 0 Å². The zero-order chi connectivity index (χ0) is 20.5. The minimum absolute atomic E-state index is 0.127. The monoisotopic (exact) mass is 395 g/mol. The molecule has 0 bridgehead atoms. The van der Waals surface area contributed by atoms with Crippen LogP contribution in [0, 0.1) is 0 Å². The van der Waals surface area contributed by atoms with Crippen molar-refractivity contribution in [2.24, 2.45) is 4.99 Å². The van der Waals surface area contributed by atoms with Crippen LogP contribution in [0.4, 0.5) is 5.69 Å². The van der Waals surface area contributed by atoms with E-state index < -0.39 is 18.0 Å². The Bertz CT molecular complexity index is 1260. The molecule has 0 fully saturated rings. The first kappa shape index (κ1) is 17.9. The van der Waals surface area contributed by atoms with E-state index in [0.717, 1.165) is 16.5 Å². The second-order valence-electron chi connectivity index (χ2n) is 6.90. The molecular formula is C24H17N3O3. The van der Waals surface area contributed by atoms with Crippen LogP contribution >= 0.6 is 0 Å². The van der Waals surface area contributed by atoms with Crippen LogP contribution in [-0.2, 0) is 4.79 Å². The van der Waals surface area contributed by atoms with Gasteiger partial charge in [0, 0.05) is 16.5 Å². The molecule has 2 amide bonds. The third kappa shape index (κ3) is 3.24. The molecule has 6 nitrogen and oxygen atoms in total. The van der Waals surface area contributed by atoms with Gasteiger partial charge in [-0.3, -0.25) is 9.59 Å². The highest BCUT2D eigenvalue weighted by Gasteiger charge is 2.28. The van der Waals surface area contributed by atoms with E-state index in [4.69, 9.17) is 4.42 Å². The van der Waals surface area contributed by atoms with Gasteiger partial charge in [0.05, 0.1) is 11.4 Å². The number of carbonyl (C=O) groups excluding carboxylic acids is 2. The summed E-state index contributed by atoms with van der Waals surface area (Å²) >= 11 is 0.